The Morgan fingerprint density at radius 1 is 0.826 bits per heavy atom. The third-order valence-corrected chi connectivity index (χ3v) is 5.71. The van der Waals surface area contributed by atoms with Gasteiger partial charge in [-0.25, -0.2) is 0 Å². The molecule has 2 heteroatoms. The summed E-state index contributed by atoms with van der Waals surface area (Å²) in [7, 11) is 0. The van der Waals surface area contributed by atoms with Gasteiger partial charge >= 0.3 is 0 Å². The van der Waals surface area contributed by atoms with E-state index < -0.39 is 0 Å². The van der Waals surface area contributed by atoms with Gasteiger partial charge in [-0.3, -0.25) is 0 Å². The van der Waals surface area contributed by atoms with Crippen molar-refractivity contribution in [2.24, 2.45) is 0 Å². The highest BCUT2D eigenvalue weighted by Crippen LogP contribution is 2.56. The first-order chi connectivity index (χ1) is 11.3. The van der Waals surface area contributed by atoms with E-state index in [1.807, 2.05) is 18.2 Å². The summed E-state index contributed by atoms with van der Waals surface area (Å²) in [6.07, 6.45) is 2.18. The molecule has 3 aromatic carbocycles. The van der Waals surface area contributed by atoms with Crippen LogP contribution in [0.2, 0.25) is 0 Å². The molecule has 0 bridgehead atoms. The molecule has 1 aliphatic heterocycles. The number of benzene rings is 3. The van der Waals surface area contributed by atoms with E-state index in [2.05, 4.69) is 41.7 Å². The largest absolute Gasteiger partial charge is 0.507 e. The van der Waals surface area contributed by atoms with E-state index >= 15 is 0 Å². The SMILES string of the molecule is Oc1cc2c(c3ccccc13)-c1ccccc1C21CCNCC1. The Bertz CT molecular complexity index is 922. The molecule has 5 rings (SSSR count). The first kappa shape index (κ1) is 13.1. The van der Waals surface area contributed by atoms with Crippen molar-refractivity contribution in [1.82, 2.24) is 5.32 Å². The lowest BCUT2D eigenvalue weighted by Crippen LogP contribution is -2.39. The van der Waals surface area contributed by atoms with E-state index in [4.69, 9.17) is 0 Å². The highest BCUT2D eigenvalue weighted by molar-refractivity contribution is 6.05. The van der Waals surface area contributed by atoms with Gasteiger partial charge in [-0.2, -0.15) is 0 Å². The Morgan fingerprint density at radius 2 is 1.52 bits per heavy atom. The van der Waals surface area contributed by atoms with Crippen molar-refractivity contribution in [3.8, 4) is 16.9 Å². The summed E-state index contributed by atoms with van der Waals surface area (Å²) in [4.78, 5) is 0. The standard InChI is InChI=1S/C21H19NO/c23-19-13-18-20(15-6-2-1-5-14(15)19)16-7-3-4-8-17(16)21(18)9-11-22-12-10-21/h1-8,13,22-23H,9-12H2. The third-order valence-electron chi connectivity index (χ3n) is 5.71. The average molecular weight is 301 g/mol. The Hall–Kier alpha value is -2.32. The van der Waals surface area contributed by atoms with Crippen LogP contribution in [0, 0.1) is 0 Å². The van der Waals surface area contributed by atoms with Crippen LogP contribution in [0.25, 0.3) is 21.9 Å². The van der Waals surface area contributed by atoms with Crippen LogP contribution in [0.4, 0.5) is 0 Å². The molecule has 0 atom stereocenters. The monoisotopic (exact) mass is 301 g/mol. The van der Waals surface area contributed by atoms with Gasteiger partial charge < -0.3 is 10.4 Å². The molecule has 114 valence electrons. The van der Waals surface area contributed by atoms with Crippen molar-refractivity contribution in [3.63, 3.8) is 0 Å². The van der Waals surface area contributed by atoms with Gasteiger partial charge in [-0.15, -0.1) is 0 Å². The number of piperidine rings is 1. The van der Waals surface area contributed by atoms with E-state index in [1.165, 1.54) is 27.6 Å². The molecule has 1 fully saturated rings. The second-order valence-corrected chi connectivity index (χ2v) is 6.74. The van der Waals surface area contributed by atoms with Crippen molar-refractivity contribution in [3.05, 3.63) is 65.7 Å². The Morgan fingerprint density at radius 3 is 2.35 bits per heavy atom. The molecule has 0 radical (unpaired) electrons. The number of fused-ring (bicyclic) bond motifs is 7. The molecular weight excluding hydrogens is 282 g/mol. The zero-order valence-electron chi connectivity index (χ0n) is 13.0. The maximum absolute atomic E-state index is 10.6. The minimum atomic E-state index is 0.0543. The van der Waals surface area contributed by atoms with E-state index in [-0.39, 0.29) is 5.41 Å². The van der Waals surface area contributed by atoms with Crippen LogP contribution in [-0.2, 0) is 5.41 Å². The van der Waals surface area contributed by atoms with Crippen LogP contribution in [0.15, 0.2) is 54.6 Å². The van der Waals surface area contributed by atoms with Crippen LogP contribution in [-0.4, -0.2) is 18.2 Å². The first-order valence-electron chi connectivity index (χ1n) is 8.37. The molecule has 0 amide bonds. The van der Waals surface area contributed by atoms with Crippen LogP contribution in [0.5, 0.6) is 5.75 Å². The fourth-order valence-corrected chi connectivity index (χ4v) is 4.68. The van der Waals surface area contributed by atoms with Gasteiger partial charge in [-0.1, -0.05) is 48.5 Å². The third kappa shape index (κ3) is 1.62. The summed E-state index contributed by atoms with van der Waals surface area (Å²) in [5.74, 6) is 0.407. The zero-order chi connectivity index (χ0) is 15.4. The maximum Gasteiger partial charge on any atom is 0.123 e. The summed E-state index contributed by atoms with van der Waals surface area (Å²) in [6.45, 7) is 2.06. The fourth-order valence-electron chi connectivity index (χ4n) is 4.68. The molecule has 2 N–H and O–H groups in total. The highest BCUT2D eigenvalue weighted by atomic mass is 16.3. The number of phenols is 1. The molecule has 23 heavy (non-hydrogen) atoms. The average Bonchev–Trinajstić information content (AvgIpc) is 2.87. The summed E-state index contributed by atoms with van der Waals surface area (Å²) in [5.41, 5.74) is 5.48. The number of aromatic hydroxyl groups is 1. The van der Waals surface area contributed by atoms with E-state index in [0.717, 1.165) is 31.3 Å². The molecule has 2 aliphatic rings. The van der Waals surface area contributed by atoms with Gasteiger partial charge in [0.25, 0.3) is 0 Å². The highest BCUT2D eigenvalue weighted by Gasteiger charge is 2.44. The Labute approximate surface area is 135 Å². The van der Waals surface area contributed by atoms with Crippen LogP contribution >= 0.6 is 0 Å². The minimum Gasteiger partial charge on any atom is -0.507 e. The van der Waals surface area contributed by atoms with Gasteiger partial charge in [0.1, 0.15) is 5.75 Å². The lowest BCUT2D eigenvalue weighted by atomic mass is 9.71. The van der Waals surface area contributed by atoms with Crippen molar-refractivity contribution in [2.75, 3.05) is 13.1 Å². The topological polar surface area (TPSA) is 32.3 Å². The molecule has 2 nitrogen and oxygen atoms in total. The van der Waals surface area contributed by atoms with Crippen LogP contribution in [0.3, 0.4) is 0 Å². The number of rotatable bonds is 0. The molecule has 0 aromatic heterocycles. The van der Waals surface area contributed by atoms with Gasteiger partial charge in [0.15, 0.2) is 0 Å². The first-order valence-corrected chi connectivity index (χ1v) is 8.37. The zero-order valence-corrected chi connectivity index (χ0v) is 13.0. The van der Waals surface area contributed by atoms with Gasteiger partial charge in [0, 0.05) is 10.8 Å². The fraction of sp³-hybridized carbons (Fsp3) is 0.238. The second-order valence-electron chi connectivity index (χ2n) is 6.74. The minimum absolute atomic E-state index is 0.0543. The predicted octanol–water partition coefficient (Wildman–Crippen LogP) is 4.20. The molecule has 1 heterocycles. The Kier molecular flexibility index (Phi) is 2.62. The van der Waals surface area contributed by atoms with Crippen molar-refractivity contribution in [1.29, 1.82) is 0 Å². The molecule has 1 saturated heterocycles. The van der Waals surface area contributed by atoms with Crippen LogP contribution in [0.1, 0.15) is 24.0 Å². The molecule has 1 aliphatic carbocycles. The lowest BCUT2D eigenvalue weighted by Gasteiger charge is -2.36. The lowest BCUT2D eigenvalue weighted by molar-refractivity contribution is 0.367. The summed E-state index contributed by atoms with van der Waals surface area (Å²) >= 11 is 0. The normalized spacial score (nSPS) is 18.1. The maximum atomic E-state index is 10.6. The quantitative estimate of drug-likeness (QED) is 0.652. The molecule has 3 aromatic rings. The number of nitrogens with one attached hydrogen (secondary N) is 1. The van der Waals surface area contributed by atoms with Crippen LogP contribution < -0.4 is 5.32 Å². The number of hydrogen-bond donors (Lipinski definition) is 2. The summed E-state index contributed by atoms with van der Waals surface area (Å²) < 4.78 is 0. The Balaban J connectivity index is 1.94. The van der Waals surface area contributed by atoms with Crippen molar-refractivity contribution in [2.45, 2.75) is 18.3 Å². The van der Waals surface area contributed by atoms with E-state index in [0.29, 0.717) is 5.75 Å². The summed E-state index contributed by atoms with van der Waals surface area (Å²) in [5, 5.41) is 16.2. The number of phenolic OH excluding ortho intramolecular Hbond substituents is 1. The smallest absolute Gasteiger partial charge is 0.123 e. The molecule has 1 spiro atoms. The number of hydrogen-bond acceptors (Lipinski definition) is 2. The van der Waals surface area contributed by atoms with Crippen molar-refractivity contribution >= 4 is 10.8 Å². The van der Waals surface area contributed by atoms with Gasteiger partial charge in [0.2, 0.25) is 0 Å². The molecular formula is C21H19NO. The van der Waals surface area contributed by atoms with Gasteiger partial charge in [0.05, 0.1) is 0 Å². The summed E-state index contributed by atoms with van der Waals surface area (Å²) in [6, 6.07) is 19.1. The second kappa shape index (κ2) is 4.59. The van der Waals surface area contributed by atoms with Gasteiger partial charge in [-0.05, 0) is 59.6 Å². The molecule has 0 saturated carbocycles. The van der Waals surface area contributed by atoms with Crippen molar-refractivity contribution < 1.29 is 5.11 Å². The molecule has 0 unspecified atom stereocenters. The van der Waals surface area contributed by atoms with E-state index in [9.17, 15) is 5.11 Å². The predicted molar refractivity (Wildman–Crippen MR) is 93.9 cm³/mol. The van der Waals surface area contributed by atoms with E-state index in [1.54, 1.807) is 0 Å².